The van der Waals surface area contributed by atoms with Gasteiger partial charge in [-0.3, -0.25) is 0 Å². The van der Waals surface area contributed by atoms with Gasteiger partial charge < -0.3 is 10.5 Å². The first-order chi connectivity index (χ1) is 17.0. The predicted octanol–water partition coefficient (Wildman–Crippen LogP) is 5.10. The van der Waals surface area contributed by atoms with Crippen LogP contribution in [0.25, 0.3) is 22.5 Å². The number of ether oxygens (including phenoxy) is 1. The highest BCUT2D eigenvalue weighted by atomic mass is 79.9. The number of esters is 1. The summed E-state index contributed by atoms with van der Waals surface area (Å²) in [7, 11) is 0. The van der Waals surface area contributed by atoms with Gasteiger partial charge in [0.25, 0.3) is 0 Å². The summed E-state index contributed by atoms with van der Waals surface area (Å²) in [5.41, 5.74) is 10.6. The monoisotopic (exact) mass is 540 g/mol. The third-order valence-electron chi connectivity index (χ3n) is 6.65. The van der Waals surface area contributed by atoms with Crippen molar-refractivity contribution in [2.45, 2.75) is 44.7 Å². The Balaban J connectivity index is 1.42. The molecule has 1 aliphatic carbocycles. The normalized spacial score (nSPS) is 19.1. The fourth-order valence-corrected chi connectivity index (χ4v) is 5.35. The second-order valence-electron chi connectivity index (χ2n) is 8.76. The number of anilines is 1. The van der Waals surface area contributed by atoms with Crippen LogP contribution in [0.15, 0.2) is 53.4 Å². The third kappa shape index (κ3) is 4.42. The Bertz CT molecular complexity index is 1350. The maximum Gasteiger partial charge on any atom is 0.341 e. The van der Waals surface area contributed by atoms with Gasteiger partial charge in [0.1, 0.15) is 5.82 Å². The number of para-hydroxylation sites is 1. The Kier molecular flexibility index (Phi) is 6.55. The first kappa shape index (κ1) is 23.5. The van der Waals surface area contributed by atoms with E-state index in [0.29, 0.717) is 41.6 Å². The number of halogens is 2. The lowest BCUT2D eigenvalue weighted by atomic mass is 9.78. The average Bonchev–Trinajstić information content (AvgIpc) is 3.54. The van der Waals surface area contributed by atoms with Crippen LogP contribution in [0, 0.1) is 5.92 Å². The molecule has 0 saturated heterocycles. The summed E-state index contributed by atoms with van der Waals surface area (Å²) in [4.78, 5) is 16.8. The quantitative estimate of drug-likeness (QED) is 0.341. The van der Waals surface area contributed by atoms with Crippen LogP contribution in [-0.4, -0.2) is 43.1 Å². The maximum absolute atomic E-state index is 14.5. The van der Waals surface area contributed by atoms with E-state index in [1.165, 1.54) is 0 Å². The van der Waals surface area contributed by atoms with Gasteiger partial charge in [0.15, 0.2) is 11.8 Å². The smallest absolute Gasteiger partial charge is 0.341 e. The van der Waals surface area contributed by atoms with Crippen LogP contribution in [0.2, 0.25) is 0 Å². The summed E-state index contributed by atoms with van der Waals surface area (Å²) >= 11 is 3.61. The second kappa shape index (κ2) is 9.77. The van der Waals surface area contributed by atoms with Gasteiger partial charge in [-0.25, -0.2) is 18.9 Å². The summed E-state index contributed by atoms with van der Waals surface area (Å²) in [5, 5.41) is 8.95. The van der Waals surface area contributed by atoms with Crippen LogP contribution >= 0.6 is 15.9 Å². The van der Waals surface area contributed by atoms with Gasteiger partial charge in [-0.2, -0.15) is 14.7 Å². The number of nitrogens with zero attached hydrogens (tertiary/aromatic N) is 5. The minimum Gasteiger partial charge on any atom is -0.464 e. The van der Waals surface area contributed by atoms with Gasteiger partial charge in [0.05, 0.1) is 34.9 Å². The molecule has 0 spiro atoms. The van der Waals surface area contributed by atoms with Crippen molar-refractivity contribution in [1.29, 1.82) is 0 Å². The fourth-order valence-electron chi connectivity index (χ4n) is 4.77. The van der Waals surface area contributed by atoms with E-state index >= 15 is 0 Å². The topological polar surface area (TPSA) is 100 Å². The van der Waals surface area contributed by atoms with Gasteiger partial charge in [-0.1, -0.05) is 18.2 Å². The Hall–Kier alpha value is -3.27. The van der Waals surface area contributed by atoms with E-state index in [4.69, 9.17) is 15.5 Å². The number of carbonyl (C=O) groups excluding carboxylic acids is 1. The highest BCUT2D eigenvalue weighted by Gasteiger charge is 2.35. The molecular formula is C25H26BrFN6O2. The van der Waals surface area contributed by atoms with Gasteiger partial charge in [0, 0.05) is 29.2 Å². The molecule has 0 bridgehead atoms. The van der Waals surface area contributed by atoms with Crippen LogP contribution in [0.4, 0.5) is 10.2 Å². The average molecular weight is 541 g/mol. The molecule has 5 rings (SSSR count). The van der Waals surface area contributed by atoms with Gasteiger partial charge in [-0.15, -0.1) is 0 Å². The number of alkyl halides is 1. The van der Waals surface area contributed by atoms with E-state index in [2.05, 4.69) is 26.1 Å². The number of rotatable bonds is 6. The number of nitrogen functional groups attached to an aromatic ring is 1. The summed E-state index contributed by atoms with van der Waals surface area (Å²) in [6.45, 7) is 1.87. The van der Waals surface area contributed by atoms with Crippen LogP contribution in [0.3, 0.4) is 0 Å². The van der Waals surface area contributed by atoms with Crippen molar-refractivity contribution in [3.8, 4) is 16.8 Å². The van der Waals surface area contributed by atoms with Crippen molar-refractivity contribution in [2.75, 3.05) is 12.3 Å². The van der Waals surface area contributed by atoms with Crippen molar-refractivity contribution in [3.05, 3.63) is 59.1 Å². The number of hydrogen-bond acceptors (Lipinski definition) is 6. The highest BCUT2D eigenvalue weighted by molar-refractivity contribution is 9.10. The molecule has 0 aliphatic heterocycles. The summed E-state index contributed by atoms with van der Waals surface area (Å²) in [6, 6.07) is 9.86. The Morgan fingerprint density at radius 1 is 1.20 bits per heavy atom. The second-order valence-corrected chi connectivity index (χ2v) is 9.56. The lowest BCUT2D eigenvalue weighted by molar-refractivity contribution is -0.151. The predicted molar refractivity (Wildman–Crippen MR) is 134 cm³/mol. The standard InChI is InChI=1S/C25H26BrFN6O2/c1-2-35-25(34)21(27)15-8-10-16(11-9-15)22-20(26)23(28)33-24(31-22)19(13-30-33)17-12-29-32(14-17)18-6-4-3-5-7-18/h3-7,12-16,21H,2,8-11,28H2,1H3. The zero-order valence-electron chi connectivity index (χ0n) is 19.3. The van der Waals surface area contributed by atoms with Crippen LogP contribution < -0.4 is 5.73 Å². The van der Waals surface area contributed by atoms with E-state index in [1.54, 1.807) is 28.5 Å². The molecule has 3 heterocycles. The number of nitrogens with two attached hydrogens (primary N) is 1. The Labute approximate surface area is 210 Å². The fraction of sp³-hybridized carbons (Fsp3) is 0.360. The van der Waals surface area contributed by atoms with E-state index in [-0.39, 0.29) is 18.4 Å². The molecule has 1 aliphatic rings. The van der Waals surface area contributed by atoms with Gasteiger partial charge in [0.2, 0.25) is 0 Å². The molecule has 1 saturated carbocycles. The Morgan fingerprint density at radius 3 is 2.66 bits per heavy atom. The van der Waals surface area contributed by atoms with E-state index in [9.17, 15) is 9.18 Å². The summed E-state index contributed by atoms with van der Waals surface area (Å²) in [5.74, 6) is -0.541. The SMILES string of the molecule is CCOC(=O)C(F)C1CCC(c2nc3c(-c4cnn(-c5ccccc5)c4)cnn3c(N)c2Br)CC1. The molecule has 1 atom stereocenters. The van der Waals surface area contributed by atoms with Crippen LogP contribution in [-0.2, 0) is 9.53 Å². The minimum atomic E-state index is -1.58. The first-order valence-corrected chi connectivity index (χ1v) is 12.5. The van der Waals surface area contributed by atoms with Crippen LogP contribution in [0.5, 0.6) is 0 Å². The molecule has 1 unspecified atom stereocenters. The van der Waals surface area contributed by atoms with Crippen molar-refractivity contribution in [2.24, 2.45) is 5.92 Å². The van der Waals surface area contributed by atoms with Crippen LogP contribution in [0.1, 0.15) is 44.2 Å². The van der Waals surface area contributed by atoms with Crippen molar-refractivity contribution < 1.29 is 13.9 Å². The third-order valence-corrected chi connectivity index (χ3v) is 7.46. The molecule has 0 radical (unpaired) electrons. The number of carbonyl (C=O) groups is 1. The van der Waals surface area contributed by atoms with E-state index < -0.39 is 12.1 Å². The van der Waals surface area contributed by atoms with Gasteiger partial charge >= 0.3 is 5.97 Å². The van der Waals surface area contributed by atoms with Gasteiger partial charge in [-0.05, 0) is 60.7 Å². The molecule has 2 N–H and O–H groups in total. The van der Waals surface area contributed by atoms with Crippen molar-refractivity contribution in [1.82, 2.24) is 24.4 Å². The lowest BCUT2D eigenvalue weighted by Gasteiger charge is -2.30. The number of fused-ring (bicyclic) bond motifs is 1. The largest absolute Gasteiger partial charge is 0.464 e. The molecule has 3 aromatic heterocycles. The van der Waals surface area contributed by atoms with Crippen molar-refractivity contribution >= 4 is 33.4 Å². The molecule has 1 aromatic carbocycles. The molecule has 35 heavy (non-hydrogen) atoms. The summed E-state index contributed by atoms with van der Waals surface area (Å²) < 4.78 is 23.5. The molecule has 1 fully saturated rings. The molecule has 182 valence electrons. The summed E-state index contributed by atoms with van der Waals surface area (Å²) in [6.07, 6.45) is 6.47. The molecular weight excluding hydrogens is 515 g/mol. The highest BCUT2D eigenvalue weighted by Crippen LogP contribution is 2.42. The Morgan fingerprint density at radius 2 is 1.94 bits per heavy atom. The van der Waals surface area contributed by atoms with E-state index in [1.807, 2.05) is 36.5 Å². The molecule has 0 amide bonds. The first-order valence-electron chi connectivity index (χ1n) is 11.7. The molecule has 10 heteroatoms. The zero-order chi connectivity index (χ0) is 24.5. The molecule has 4 aromatic rings. The maximum atomic E-state index is 14.5. The van der Waals surface area contributed by atoms with Crippen molar-refractivity contribution in [3.63, 3.8) is 0 Å². The minimum absolute atomic E-state index is 0.0945. The zero-order valence-corrected chi connectivity index (χ0v) is 20.9. The lowest BCUT2D eigenvalue weighted by Crippen LogP contribution is -2.30. The number of hydrogen-bond donors (Lipinski definition) is 1. The van der Waals surface area contributed by atoms with E-state index in [0.717, 1.165) is 22.5 Å². The molecule has 8 nitrogen and oxygen atoms in total. The number of benzene rings is 1. The number of aromatic nitrogens is 5.